The van der Waals surface area contributed by atoms with Crippen LogP contribution in [0.2, 0.25) is 0 Å². The summed E-state index contributed by atoms with van der Waals surface area (Å²) in [5, 5.41) is 9.56. The molecule has 0 spiro atoms. The van der Waals surface area contributed by atoms with E-state index in [0.717, 1.165) is 17.8 Å². The Morgan fingerprint density at radius 2 is 2.05 bits per heavy atom. The lowest BCUT2D eigenvalue weighted by molar-refractivity contribution is 0.0950. The Labute approximate surface area is 130 Å². The zero-order valence-electron chi connectivity index (χ0n) is 12.2. The van der Waals surface area contributed by atoms with E-state index in [1.165, 1.54) is 32.1 Å². The molecule has 21 heavy (non-hydrogen) atoms. The third-order valence-corrected chi connectivity index (χ3v) is 6.74. The van der Waals surface area contributed by atoms with Crippen molar-refractivity contribution in [3.8, 4) is 0 Å². The molecule has 1 aromatic rings. The van der Waals surface area contributed by atoms with Gasteiger partial charge in [-0.15, -0.1) is 11.3 Å². The number of nitrogens with two attached hydrogens (primary N) is 1. The van der Waals surface area contributed by atoms with E-state index in [1.54, 1.807) is 12.3 Å². The molecule has 5 nitrogen and oxygen atoms in total. The van der Waals surface area contributed by atoms with Gasteiger partial charge in [0.15, 0.2) is 0 Å². The number of carbonyl (C=O) groups is 1. The maximum Gasteiger partial charge on any atom is 0.252 e. The third-order valence-electron chi connectivity index (χ3n) is 4.06. The Hall–Kier alpha value is -0.920. The van der Waals surface area contributed by atoms with Crippen molar-refractivity contribution in [1.29, 1.82) is 0 Å². The molecule has 1 aromatic heterocycles. The number of nitrogens with one attached hydrogen (secondary N) is 1. The molecule has 118 valence electrons. The van der Waals surface area contributed by atoms with E-state index < -0.39 is 10.0 Å². The van der Waals surface area contributed by atoms with E-state index >= 15 is 0 Å². The second-order valence-electron chi connectivity index (χ2n) is 5.66. The number of amides is 1. The van der Waals surface area contributed by atoms with Crippen molar-refractivity contribution < 1.29 is 13.2 Å². The van der Waals surface area contributed by atoms with Crippen LogP contribution in [0.25, 0.3) is 0 Å². The van der Waals surface area contributed by atoms with Gasteiger partial charge in [-0.25, -0.2) is 13.6 Å². The molecule has 0 atom stereocenters. The Bertz CT molecular complexity index is 602. The van der Waals surface area contributed by atoms with Gasteiger partial charge >= 0.3 is 0 Å². The number of hydrogen-bond donors (Lipinski definition) is 2. The summed E-state index contributed by atoms with van der Waals surface area (Å²) in [6.07, 6.45) is 7.41. The lowest BCUT2D eigenvalue weighted by atomic mass is 9.87. The van der Waals surface area contributed by atoms with Crippen molar-refractivity contribution in [3.63, 3.8) is 0 Å². The molecule has 2 rings (SSSR count). The van der Waals surface area contributed by atoms with Crippen LogP contribution in [0.1, 0.15) is 54.4 Å². The van der Waals surface area contributed by atoms with Crippen LogP contribution in [0, 0.1) is 12.8 Å². The molecule has 3 N–H and O–H groups in total. The fraction of sp³-hybridized carbons (Fsp3) is 0.643. The van der Waals surface area contributed by atoms with Gasteiger partial charge in [0.2, 0.25) is 10.0 Å². The van der Waals surface area contributed by atoms with E-state index in [2.05, 4.69) is 5.32 Å². The van der Waals surface area contributed by atoms with Crippen molar-refractivity contribution >= 4 is 27.3 Å². The van der Waals surface area contributed by atoms with Gasteiger partial charge in [-0.3, -0.25) is 4.79 Å². The first-order valence-corrected chi connectivity index (χ1v) is 9.71. The lowest BCUT2D eigenvalue weighted by Crippen LogP contribution is -2.26. The van der Waals surface area contributed by atoms with Gasteiger partial charge in [0.05, 0.1) is 5.56 Å². The average Bonchev–Trinajstić information content (AvgIpc) is 2.81. The summed E-state index contributed by atoms with van der Waals surface area (Å²) in [6.45, 7) is 2.26. The summed E-state index contributed by atoms with van der Waals surface area (Å²) in [5.74, 6) is 0.497. The Morgan fingerprint density at radius 3 is 2.62 bits per heavy atom. The Kier molecular flexibility index (Phi) is 5.40. The van der Waals surface area contributed by atoms with Gasteiger partial charge < -0.3 is 5.32 Å². The standard InChI is InChI=1S/C14H22N2O3S2/c1-10-12(9-20-14(10)21(15,18)19)13(17)16-8-7-11-5-3-2-4-6-11/h9,11H,2-8H2,1H3,(H,16,17)(H2,15,18,19). The fourth-order valence-electron chi connectivity index (χ4n) is 2.86. The van der Waals surface area contributed by atoms with Gasteiger partial charge in [-0.05, 0) is 24.8 Å². The van der Waals surface area contributed by atoms with Crippen LogP contribution in [0.5, 0.6) is 0 Å². The van der Waals surface area contributed by atoms with Gasteiger partial charge in [-0.2, -0.15) is 0 Å². The summed E-state index contributed by atoms with van der Waals surface area (Å²) in [4.78, 5) is 12.1. The van der Waals surface area contributed by atoms with Crippen LogP contribution in [-0.2, 0) is 10.0 Å². The third kappa shape index (κ3) is 4.28. The van der Waals surface area contributed by atoms with Gasteiger partial charge in [0.1, 0.15) is 4.21 Å². The van der Waals surface area contributed by atoms with E-state index in [1.807, 2.05) is 0 Å². The predicted octanol–water partition coefficient (Wildman–Crippen LogP) is 2.40. The monoisotopic (exact) mass is 330 g/mol. The molecule has 0 radical (unpaired) electrons. The van der Waals surface area contributed by atoms with E-state index in [4.69, 9.17) is 5.14 Å². The summed E-state index contributed by atoms with van der Waals surface area (Å²) >= 11 is 0.999. The SMILES string of the molecule is Cc1c(C(=O)NCCC2CCCCC2)csc1S(N)(=O)=O. The molecule has 7 heteroatoms. The highest BCUT2D eigenvalue weighted by Crippen LogP contribution is 2.27. The number of primary sulfonamides is 1. The average molecular weight is 330 g/mol. The first kappa shape index (κ1) is 16.5. The maximum atomic E-state index is 12.1. The minimum Gasteiger partial charge on any atom is -0.352 e. The minimum absolute atomic E-state index is 0.0694. The lowest BCUT2D eigenvalue weighted by Gasteiger charge is -2.21. The number of sulfonamides is 1. The molecule has 1 saturated carbocycles. The number of hydrogen-bond acceptors (Lipinski definition) is 4. The van der Waals surface area contributed by atoms with Crippen molar-refractivity contribution in [2.45, 2.75) is 49.7 Å². The largest absolute Gasteiger partial charge is 0.352 e. The predicted molar refractivity (Wildman–Crippen MR) is 84.0 cm³/mol. The van der Waals surface area contributed by atoms with E-state index in [0.29, 0.717) is 23.6 Å². The molecular weight excluding hydrogens is 308 g/mol. The molecule has 1 aliphatic rings. The first-order chi connectivity index (χ1) is 9.89. The highest BCUT2D eigenvalue weighted by atomic mass is 32.2. The minimum atomic E-state index is -3.75. The van der Waals surface area contributed by atoms with Crippen LogP contribution in [0.4, 0.5) is 0 Å². The Morgan fingerprint density at radius 1 is 1.38 bits per heavy atom. The molecule has 1 heterocycles. The second kappa shape index (κ2) is 6.89. The number of thiophene rings is 1. The van der Waals surface area contributed by atoms with Crippen molar-refractivity contribution in [2.24, 2.45) is 11.1 Å². The van der Waals surface area contributed by atoms with Gasteiger partial charge in [-0.1, -0.05) is 32.1 Å². The fourth-order valence-corrected chi connectivity index (χ4v) is 4.88. The van der Waals surface area contributed by atoms with Crippen LogP contribution < -0.4 is 10.5 Å². The molecule has 1 aliphatic carbocycles. The van der Waals surface area contributed by atoms with Crippen molar-refractivity contribution in [1.82, 2.24) is 5.32 Å². The Balaban J connectivity index is 1.90. The smallest absolute Gasteiger partial charge is 0.252 e. The topological polar surface area (TPSA) is 89.3 Å². The molecule has 0 aromatic carbocycles. The van der Waals surface area contributed by atoms with Crippen molar-refractivity contribution in [2.75, 3.05) is 6.54 Å². The second-order valence-corrected chi connectivity index (χ2v) is 8.29. The normalized spacial score (nSPS) is 16.9. The number of carbonyl (C=O) groups excluding carboxylic acids is 1. The zero-order chi connectivity index (χ0) is 15.5. The molecule has 0 saturated heterocycles. The van der Waals surface area contributed by atoms with E-state index in [9.17, 15) is 13.2 Å². The van der Waals surface area contributed by atoms with Crippen molar-refractivity contribution in [3.05, 3.63) is 16.5 Å². The highest BCUT2D eigenvalue weighted by molar-refractivity contribution is 7.91. The quantitative estimate of drug-likeness (QED) is 0.868. The molecule has 0 unspecified atom stereocenters. The maximum absolute atomic E-state index is 12.1. The molecular formula is C14H22N2O3S2. The van der Waals surface area contributed by atoms with E-state index in [-0.39, 0.29) is 10.1 Å². The van der Waals surface area contributed by atoms with Crippen LogP contribution >= 0.6 is 11.3 Å². The molecule has 1 amide bonds. The summed E-state index contributed by atoms with van der Waals surface area (Å²) in [7, 11) is -3.75. The summed E-state index contributed by atoms with van der Waals surface area (Å²) in [6, 6.07) is 0. The van der Waals surface area contributed by atoms with Gasteiger partial charge in [0, 0.05) is 11.9 Å². The summed E-state index contributed by atoms with van der Waals surface area (Å²) in [5.41, 5.74) is 0.852. The zero-order valence-corrected chi connectivity index (χ0v) is 13.9. The molecule has 0 bridgehead atoms. The van der Waals surface area contributed by atoms with Crippen LogP contribution in [-0.4, -0.2) is 20.9 Å². The van der Waals surface area contributed by atoms with Crippen LogP contribution in [0.3, 0.4) is 0 Å². The van der Waals surface area contributed by atoms with Gasteiger partial charge in [0.25, 0.3) is 5.91 Å². The highest BCUT2D eigenvalue weighted by Gasteiger charge is 2.21. The molecule has 1 fully saturated rings. The summed E-state index contributed by atoms with van der Waals surface area (Å²) < 4.78 is 22.8. The van der Waals surface area contributed by atoms with Crippen LogP contribution in [0.15, 0.2) is 9.59 Å². The molecule has 0 aliphatic heterocycles. The number of rotatable bonds is 5. The first-order valence-electron chi connectivity index (χ1n) is 7.28.